The van der Waals surface area contributed by atoms with Crippen LogP contribution in [0.1, 0.15) is 201 Å². The van der Waals surface area contributed by atoms with Crippen molar-refractivity contribution >= 4 is 17.9 Å². The smallest absolute Gasteiger partial charge is 0.306 e. The van der Waals surface area contributed by atoms with Crippen LogP contribution in [-0.4, -0.2) is 37.2 Å². The van der Waals surface area contributed by atoms with Gasteiger partial charge in [0.05, 0.1) is 0 Å². The molecule has 6 nitrogen and oxygen atoms in total. The number of carbonyl (C=O) groups excluding carboxylic acids is 3. The van der Waals surface area contributed by atoms with E-state index in [1.54, 1.807) is 0 Å². The van der Waals surface area contributed by atoms with E-state index in [2.05, 4.69) is 93.7 Å². The zero-order chi connectivity index (χ0) is 45.8. The number of ether oxygens (including phenoxy) is 3. The molecular weight excluding hydrogens is 781 g/mol. The van der Waals surface area contributed by atoms with E-state index in [-0.39, 0.29) is 37.5 Å². The molecule has 0 rings (SSSR count). The lowest BCUT2D eigenvalue weighted by molar-refractivity contribution is -0.167. The Kier molecular flexibility index (Phi) is 47.1. The second kappa shape index (κ2) is 50.5. The fourth-order valence-electron chi connectivity index (χ4n) is 6.32. The average Bonchev–Trinajstić information content (AvgIpc) is 3.28. The van der Waals surface area contributed by atoms with E-state index in [4.69, 9.17) is 14.2 Å². The van der Waals surface area contributed by atoms with Crippen molar-refractivity contribution in [2.24, 2.45) is 0 Å². The van der Waals surface area contributed by atoms with Crippen LogP contribution in [0.5, 0.6) is 0 Å². The molecule has 0 saturated heterocycles. The molecule has 63 heavy (non-hydrogen) atoms. The molecule has 1 unspecified atom stereocenters. The molecule has 0 amide bonds. The summed E-state index contributed by atoms with van der Waals surface area (Å²) in [6.45, 7) is 6.26. The maximum Gasteiger partial charge on any atom is 0.306 e. The number of carbonyl (C=O) groups is 3. The van der Waals surface area contributed by atoms with Crippen LogP contribution in [0.2, 0.25) is 0 Å². The normalized spacial score (nSPS) is 13.1. The Balaban J connectivity index is 4.49. The van der Waals surface area contributed by atoms with Crippen molar-refractivity contribution in [2.45, 2.75) is 207 Å². The van der Waals surface area contributed by atoms with Gasteiger partial charge in [-0.15, -0.1) is 0 Å². The highest BCUT2D eigenvalue weighted by atomic mass is 16.6. The third-order valence-electron chi connectivity index (χ3n) is 10.1. The largest absolute Gasteiger partial charge is 0.462 e. The molecule has 354 valence electrons. The van der Waals surface area contributed by atoms with E-state index in [9.17, 15) is 14.4 Å². The average molecular weight is 871 g/mol. The Morgan fingerprint density at radius 2 is 0.698 bits per heavy atom. The van der Waals surface area contributed by atoms with Crippen LogP contribution in [0.15, 0.2) is 122 Å². The molecule has 0 saturated carbocycles. The molecule has 0 aliphatic rings. The van der Waals surface area contributed by atoms with Crippen molar-refractivity contribution in [1.82, 2.24) is 0 Å². The molecular formula is C57H90O6. The Labute approximate surface area is 386 Å². The number of hydrogen-bond acceptors (Lipinski definition) is 6. The number of esters is 3. The van der Waals surface area contributed by atoms with E-state index >= 15 is 0 Å². The predicted molar refractivity (Wildman–Crippen MR) is 269 cm³/mol. The van der Waals surface area contributed by atoms with Gasteiger partial charge in [-0.1, -0.05) is 206 Å². The van der Waals surface area contributed by atoms with Gasteiger partial charge in [0.2, 0.25) is 0 Å². The molecule has 0 heterocycles. The zero-order valence-corrected chi connectivity index (χ0v) is 40.3. The van der Waals surface area contributed by atoms with Gasteiger partial charge in [0.1, 0.15) is 13.2 Å². The molecule has 1 atom stereocenters. The highest BCUT2D eigenvalue weighted by Gasteiger charge is 2.19. The van der Waals surface area contributed by atoms with E-state index in [1.807, 2.05) is 48.6 Å². The van der Waals surface area contributed by atoms with Gasteiger partial charge in [-0.3, -0.25) is 14.4 Å². The minimum Gasteiger partial charge on any atom is -0.462 e. The van der Waals surface area contributed by atoms with Crippen molar-refractivity contribution in [3.05, 3.63) is 122 Å². The minimum absolute atomic E-state index is 0.108. The number of hydrogen-bond donors (Lipinski definition) is 0. The highest BCUT2D eigenvalue weighted by Crippen LogP contribution is 2.13. The molecule has 0 aromatic rings. The van der Waals surface area contributed by atoms with Crippen molar-refractivity contribution in [2.75, 3.05) is 13.2 Å². The number of unbranched alkanes of at least 4 members (excludes halogenated alkanes) is 16. The summed E-state index contributed by atoms with van der Waals surface area (Å²) in [5, 5.41) is 0. The van der Waals surface area contributed by atoms with Gasteiger partial charge in [0.15, 0.2) is 6.10 Å². The molecule has 0 aliphatic heterocycles. The first-order chi connectivity index (χ1) is 31.0. The van der Waals surface area contributed by atoms with Gasteiger partial charge in [0.25, 0.3) is 0 Å². The van der Waals surface area contributed by atoms with Crippen LogP contribution < -0.4 is 0 Å². The van der Waals surface area contributed by atoms with Crippen molar-refractivity contribution in [3.8, 4) is 0 Å². The van der Waals surface area contributed by atoms with Crippen molar-refractivity contribution in [3.63, 3.8) is 0 Å². The second-order valence-corrected chi connectivity index (χ2v) is 16.1. The SMILES string of the molecule is CC\C=C/C=C\C=C/C=C\C=C/CCCCCC(=O)OC(COC(=O)CCCCCCC/C=C\CCCC)COC(=O)CCCCCCCC/C=C\C/C=C\C/C=C\C/C=C\CC. The Hall–Kier alpha value is -4.19. The quantitative estimate of drug-likeness (QED) is 0.0200. The highest BCUT2D eigenvalue weighted by molar-refractivity contribution is 5.71. The summed E-state index contributed by atoms with van der Waals surface area (Å²) in [6.07, 6.45) is 68.9. The van der Waals surface area contributed by atoms with Crippen LogP contribution >= 0.6 is 0 Å². The summed E-state index contributed by atoms with van der Waals surface area (Å²) in [5.41, 5.74) is 0. The lowest BCUT2D eigenvalue weighted by atomic mass is 10.1. The third-order valence-corrected chi connectivity index (χ3v) is 10.1. The monoisotopic (exact) mass is 871 g/mol. The topological polar surface area (TPSA) is 78.9 Å². The van der Waals surface area contributed by atoms with Crippen molar-refractivity contribution in [1.29, 1.82) is 0 Å². The van der Waals surface area contributed by atoms with Gasteiger partial charge in [-0.25, -0.2) is 0 Å². The second-order valence-electron chi connectivity index (χ2n) is 16.1. The van der Waals surface area contributed by atoms with Crippen LogP contribution in [0.3, 0.4) is 0 Å². The van der Waals surface area contributed by atoms with Gasteiger partial charge in [-0.05, 0) is 96.3 Å². The summed E-state index contributed by atoms with van der Waals surface area (Å²) in [6, 6.07) is 0. The summed E-state index contributed by atoms with van der Waals surface area (Å²) in [4.78, 5) is 37.9. The van der Waals surface area contributed by atoms with Crippen LogP contribution in [0.4, 0.5) is 0 Å². The Morgan fingerprint density at radius 1 is 0.349 bits per heavy atom. The van der Waals surface area contributed by atoms with Crippen LogP contribution in [0.25, 0.3) is 0 Å². The summed E-state index contributed by atoms with van der Waals surface area (Å²) in [5.74, 6) is -0.983. The van der Waals surface area contributed by atoms with E-state index in [0.29, 0.717) is 19.3 Å². The zero-order valence-electron chi connectivity index (χ0n) is 40.3. The lowest BCUT2D eigenvalue weighted by Gasteiger charge is -2.18. The molecule has 0 spiro atoms. The van der Waals surface area contributed by atoms with Gasteiger partial charge >= 0.3 is 17.9 Å². The Morgan fingerprint density at radius 3 is 1.19 bits per heavy atom. The first-order valence-electron chi connectivity index (χ1n) is 25.1. The maximum absolute atomic E-state index is 12.8. The molecule has 0 radical (unpaired) electrons. The number of rotatable bonds is 43. The van der Waals surface area contributed by atoms with E-state index in [0.717, 1.165) is 116 Å². The van der Waals surface area contributed by atoms with Gasteiger partial charge < -0.3 is 14.2 Å². The molecule has 0 aromatic heterocycles. The minimum atomic E-state index is -0.812. The third kappa shape index (κ3) is 48.7. The molecule has 6 heteroatoms. The van der Waals surface area contributed by atoms with E-state index < -0.39 is 6.10 Å². The first-order valence-corrected chi connectivity index (χ1v) is 25.1. The van der Waals surface area contributed by atoms with Crippen LogP contribution in [-0.2, 0) is 28.6 Å². The fraction of sp³-hybridized carbons (Fsp3) is 0.596. The van der Waals surface area contributed by atoms with E-state index in [1.165, 1.54) is 38.5 Å². The van der Waals surface area contributed by atoms with Gasteiger partial charge in [-0.2, -0.15) is 0 Å². The summed E-state index contributed by atoms with van der Waals surface area (Å²) >= 11 is 0. The predicted octanol–water partition coefficient (Wildman–Crippen LogP) is 16.5. The molecule has 0 aliphatic carbocycles. The number of allylic oxidation sites excluding steroid dienone is 20. The van der Waals surface area contributed by atoms with Crippen molar-refractivity contribution < 1.29 is 28.6 Å². The van der Waals surface area contributed by atoms with Gasteiger partial charge in [0, 0.05) is 19.3 Å². The summed E-state index contributed by atoms with van der Waals surface area (Å²) in [7, 11) is 0. The molecule has 0 N–H and O–H groups in total. The molecule has 0 fully saturated rings. The summed E-state index contributed by atoms with van der Waals surface area (Å²) < 4.78 is 16.7. The van der Waals surface area contributed by atoms with Crippen LogP contribution in [0, 0.1) is 0 Å². The first kappa shape index (κ1) is 58.8. The molecule has 0 aromatic carbocycles. The fourth-order valence-corrected chi connectivity index (χ4v) is 6.32. The molecule has 0 bridgehead atoms. The standard InChI is InChI=1S/C57H90O6/c1-4-7-10-13-16-19-22-24-26-27-28-29-31-32-35-38-41-44-47-50-56(59)62-53-54(52-61-55(58)49-46-43-40-37-34-21-18-15-12-9-6-3)63-57(60)51-48-45-42-39-36-33-30-25-23-20-17-14-11-8-5-2/h7-8,10-11,14-20,23-26,28-30,33,36,54H,4-6,9,12-13,21-22,27,31-32,34-35,37-53H2,1-3H3/b10-7-,11-8-,17-14-,18-15-,19-16-,23-20-,26-24-,29-28-,30-25-,36-33-. The lowest BCUT2D eigenvalue weighted by Crippen LogP contribution is -2.30. The maximum atomic E-state index is 12.8. The Bertz CT molecular complexity index is 1370.